The number of carbonyl (C=O) groups is 3. The van der Waals surface area contributed by atoms with Gasteiger partial charge in [-0.2, -0.15) is 0 Å². The maximum absolute atomic E-state index is 14.9. The zero-order valence-electron chi connectivity index (χ0n) is 26.0. The molecule has 1 aliphatic heterocycles. The molecule has 2 saturated carbocycles. The van der Waals surface area contributed by atoms with Gasteiger partial charge in [0, 0.05) is 36.7 Å². The Bertz CT molecular complexity index is 1190. The van der Waals surface area contributed by atoms with Gasteiger partial charge in [0.25, 0.3) is 5.95 Å². The lowest BCUT2D eigenvalue weighted by molar-refractivity contribution is -0.355. The van der Waals surface area contributed by atoms with Crippen LogP contribution in [-0.4, -0.2) is 78.5 Å². The topological polar surface area (TPSA) is 138 Å². The molecule has 0 aromatic heterocycles. The Balaban J connectivity index is 2.13. The molecule has 0 radical (unpaired) electrons. The van der Waals surface area contributed by atoms with E-state index in [1.807, 2.05) is 40.4 Å². The summed E-state index contributed by atoms with van der Waals surface area (Å²) in [5.74, 6) is -3.57. The average Bonchev–Trinajstić information content (AvgIpc) is 2.79. The minimum Gasteiger partial charge on any atom is -0.481 e. The van der Waals surface area contributed by atoms with Gasteiger partial charge in [-0.05, 0) is 51.1 Å². The summed E-state index contributed by atoms with van der Waals surface area (Å²) < 4.78 is 30.6. The average molecular weight is 595 g/mol. The Kier molecular flexibility index (Phi) is 7.68. The number of Topliss-reactive ketones (excluding diaryl/α,β-unsaturated/α-hetero) is 1. The minimum atomic E-state index is -2.21. The van der Waals surface area contributed by atoms with E-state index < -0.39 is 84.4 Å². The zero-order chi connectivity index (χ0) is 31.1. The Hall–Kier alpha value is -2.21. The summed E-state index contributed by atoms with van der Waals surface area (Å²) in [7, 11) is -2.21. The van der Waals surface area contributed by atoms with Gasteiger partial charge in [0.1, 0.15) is 17.8 Å². The van der Waals surface area contributed by atoms with E-state index in [2.05, 4.69) is 6.58 Å². The lowest BCUT2D eigenvalue weighted by atomic mass is 9.43. The van der Waals surface area contributed by atoms with Crippen molar-refractivity contribution in [3.8, 4) is 0 Å². The van der Waals surface area contributed by atoms with E-state index in [-0.39, 0.29) is 18.9 Å². The fraction of sp³-hybridized carbons (Fsp3) is 0.767. The standard InChI is InChI=1S/C30H46O10Si/c1-15-12-21-29(14-36-21,39-19(5)33)24-26(38-18(4)32)30(35)13-20(40-41(9,10)11)16(2)22(27(30,6)7)23(34)25(28(15,24)8)37-17(3)31/h15,20-21,24-26,32,35H,4,12-14H2,1-3,5-11H3/t15-,20-,21+,24-,25+,26-,28+,29-,30+/m0/s1. The molecule has 0 aromatic rings. The molecule has 0 spiro atoms. The molecule has 0 unspecified atom stereocenters. The van der Waals surface area contributed by atoms with Crippen molar-refractivity contribution in [2.24, 2.45) is 22.7 Å². The van der Waals surface area contributed by atoms with Crippen molar-refractivity contribution < 1.29 is 48.0 Å². The predicted octanol–water partition coefficient (Wildman–Crippen LogP) is 3.98. The third kappa shape index (κ3) is 4.67. The van der Waals surface area contributed by atoms with Crippen LogP contribution in [0.3, 0.4) is 0 Å². The molecule has 2 N–H and O–H groups in total. The highest BCUT2D eigenvalue weighted by molar-refractivity contribution is 6.69. The second kappa shape index (κ2) is 9.92. The van der Waals surface area contributed by atoms with Gasteiger partial charge >= 0.3 is 11.9 Å². The van der Waals surface area contributed by atoms with Crippen LogP contribution in [0.4, 0.5) is 0 Å². The van der Waals surface area contributed by atoms with Crippen molar-refractivity contribution in [3.63, 3.8) is 0 Å². The van der Waals surface area contributed by atoms with E-state index in [4.69, 9.17) is 23.4 Å². The molecule has 11 heteroatoms. The van der Waals surface area contributed by atoms with Gasteiger partial charge in [-0.3, -0.25) is 14.4 Å². The summed E-state index contributed by atoms with van der Waals surface area (Å²) in [6.07, 6.45) is -3.35. The molecule has 10 nitrogen and oxygen atoms in total. The first-order valence-corrected chi connectivity index (χ1v) is 17.7. The number of carbonyl (C=O) groups excluding carboxylic acids is 3. The largest absolute Gasteiger partial charge is 0.481 e. The van der Waals surface area contributed by atoms with Crippen molar-refractivity contribution in [2.75, 3.05) is 6.61 Å². The summed E-state index contributed by atoms with van der Waals surface area (Å²) in [4.78, 5) is 40.1. The van der Waals surface area contributed by atoms with Crippen LogP contribution in [0.25, 0.3) is 0 Å². The van der Waals surface area contributed by atoms with Crippen molar-refractivity contribution >= 4 is 26.0 Å². The van der Waals surface area contributed by atoms with Crippen molar-refractivity contribution in [1.29, 1.82) is 0 Å². The number of ether oxygens (including phenoxy) is 4. The van der Waals surface area contributed by atoms with Crippen LogP contribution in [0.2, 0.25) is 19.6 Å². The summed E-state index contributed by atoms with van der Waals surface area (Å²) in [6, 6.07) is 0. The highest BCUT2D eigenvalue weighted by Gasteiger charge is 2.77. The molecule has 230 valence electrons. The van der Waals surface area contributed by atoms with E-state index in [9.17, 15) is 24.6 Å². The molecule has 0 amide bonds. The lowest BCUT2D eigenvalue weighted by Crippen LogP contribution is -2.81. The van der Waals surface area contributed by atoms with Gasteiger partial charge in [0.05, 0.1) is 18.6 Å². The number of esters is 2. The van der Waals surface area contributed by atoms with Gasteiger partial charge in [0.2, 0.25) is 5.78 Å². The Labute approximate surface area is 243 Å². The first-order valence-electron chi connectivity index (χ1n) is 14.3. The number of rotatable bonds is 6. The molecule has 2 bridgehead atoms. The van der Waals surface area contributed by atoms with Crippen molar-refractivity contribution in [3.05, 3.63) is 23.7 Å². The first kappa shape index (κ1) is 31.7. The summed E-state index contributed by atoms with van der Waals surface area (Å²) in [5.41, 5.74) is -4.69. The second-order valence-corrected chi connectivity index (χ2v) is 18.6. The number of fused-ring (bicyclic) bond motifs is 5. The van der Waals surface area contributed by atoms with Gasteiger partial charge in [-0.25, -0.2) is 0 Å². The van der Waals surface area contributed by atoms with Crippen molar-refractivity contribution in [1.82, 2.24) is 0 Å². The quantitative estimate of drug-likeness (QED) is 0.264. The normalized spacial score (nSPS) is 41.6. The predicted molar refractivity (Wildman–Crippen MR) is 151 cm³/mol. The summed E-state index contributed by atoms with van der Waals surface area (Å²) in [6.45, 7) is 21.2. The first-order chi connectivity index (χ1) is 18.6. The lowest BCUT2D eigenvalue weighted by Gasteiger charge is -2.68. The smallest absolute Gasteiger partial charge is 0.303 e. The van der Waals surface area contributed by atoms with Crippen molar-refractivity contribution in [2.45, 2.75) is 117 Å². The molecule has 1 heterocycles. The summed E-state index contributed by atoms with van der Waals surface area (Å²) >= 11 is 0. The maximum atomic E-state index is 14.9. The third-order valence-corrected chi connectivity index (χ3v) is 11.2. The van der Waals surface area contributed by atoms with E-state index in [1.165, 1.54) is 13.8 Å². The molecule has 3 aliphatic carbocycles. The molecule has 4 aliphatic rings. The fourth-order valence-electron chi connectivity index (χ4n) is 8.20. The highest BCUT2D eigenvalue weighted by Crippen LogP contribution is 2.66. The molecule has 41 heavy (non-hydrogen) atoms. The summed E-state index contributed by atoms with van der Waals surface area (Å²) in [5, 5.41) is 23.6. The molecule has 0 aromatic carbocycles. The van der Waals surface area contributed by atoms with Gasteiger partial charge in [0.15, 0.2) is 20.0 Å². The van der Waals surface area contributed by atoms with E-state index in [1.54, 1.807) is 13.8 Å². The number of aliphatic hydroxyl groups excluding tert-OH is 1. The second-order valence-electron chi connectivity index (χ2n) is 14.1. The molecular formula is C30H46O10Si. The molecular weight excluding hydrogens is 548 g/mol. The molecule has 9 atom stereocenters. The highest BCUT2D eigenvalue weighted by atomic mass is 28.4. The molecule has 4 rings (SSSR count). The number of ketones is 1. The van der Waals surface area contributed by atoms with Crippen LogP contribution < -0.4 is 0 Å². The van der Waals surface area contributed by atoms with Crippen LogP contribution in [0, 0.1) is 22.7 Å². The van der Waals surface area contributed by atoms with Crippen LogP contribution >= 0.6 is 0 Å². The van der Waals surface area contributed by atoms with E-state index in [0.717, 1.165) is 0 Å². The van der Waals surface area contributed by atoms with Gasteiger partial charge in [-0.1, -0.05) is 27.7 Å². The van der Waals surface area contributed by atoms with Crippen LogP contribution in [-0.2, 0) is 37.8 Å². The number of hydrogen-bond donors (Lipinski definition) is 2. The van der Waals surface area contributed by atoms with E-state index >= 15 is 0 Å². The maximum Gasteiger partial charge on any atom is 0.303 e. The monoisotopic (exact) mass is 594 g/mol. The number of aliphatic hydroxyl groups is 2. The fourth-order valence-corrected chi connectivity index (χ4v) is 9.31. The molecule has 1 saturated heterocycles. The minimum absolute atomic E-state index is 0.0178. The Morgan fingerprint density at radius 2 is 1.71 bits per heavy atom. The molecule has 3 fully saturated rings. The van der Waals surface area contributed by atoms with Crippen LogP contribution in [0.15, 0.2) is 23.7 Å². The third-order valence-electron chi connectivity index (χ3n) is 10.2. The SMILES string of the molecule is C=C(O)O[C@H]1[C@@H]2[C@]3(OC(C)=O)CO[C@@H]3C[C@H](C)[C@@]2(C)[C@H](OC(C)=O)C(=O)C2=C(C)[C@@H](O[Si](C)(C)C)C[C@]1(O)C2(C)C. The Morgan fingerprint density at radius 1 is 1.10 bits per heavy atom. The van der Waals surface area contributed by atoms with Crippen LogP contribution in [0.1, 0.15) is 61.3 Å². The number of hydrogen-bond acceptors (Lipinski definition) is 10. The van der Waals surface area contributed by atoms with Gasteiger partial charge in [-0.15, -0.1) is 0 Å². The Morgan fingerprint density at radius 3 is 2.17 bits per heavy atom. The van der Waals surface area contributed by atoms with Gasteiger partial charge < -0.3 is 33.6 Å². The zero-order valence-corrected chi connectivity index (χ0v) is 27.0. The van der Waals surface area contributed by atoms with Crippen LogP contribution in [0.5, 0.6) is 0 Å². The van der Waals surface area contributed by atoms with E-state index in [0.29, 0.717) is 17.6 Å².